The molecule has 8 aromatic rings. The molecule has 0 fully saturated rings. The van der Waals surface area contributed by atoms with Crippen molar-refractivity contribution < 1.29 is 25.8 Å². The predicted molar refractivity (Wildman–Crippen MR) is 267 cm³/mol. The van der Waals surface area contributed by atoms with Crippen molar-refractivity contribution in [3.8, 4) is 28.4 Å². The topological polar surface area (TPSA) is 42.3 Å². The fourth-order valence-electron chi connectivity index (χ4n) is 8.01. The van der Waals surface area contributed by atoms with Crippen LogP contribution in [0.1, 0.15) is 105 Å². The van der Waals surface area contributed by atoms with Gasteiger partial charge in [-0.2, -0.15) is 6.07 Å². The van der Waals surface area contributed by atoms with E-state index in [9.17, 15) is 0 Å². The molecule has 8 rings (SSSR count). The number of nitrogens with one attached hydrogen (secondary N) is 1. The van der Waals surface area contributed by atoms with Crippen LogP contribution >= 0.6 is 0 Å². The first kappa shape index (κ1) is 46.4. The minimum Gasteiger partial charge on any atom is -0.516 e. The zero-order chi connectivity index (χ0) is 45.1. The fraction of sp³-hybridized carbons (Fsp3) is 0.276. The number of benzene rings is 6. The molecule has 0 aliphatic rings. The van der Waals surface area contributed by atoms with Gasteiger partial charge in [0.25, 0.3) is 0 Å². The smallest absolute Gasteiger partial charge is 0.135 e. The first-order chi connectivity index (χ1) is 29.6. The number of nitrogens with zero attached hydrogens (tertiary/aromatic N) is 3. The van der Waals surface area contributed by atoms with Gasteiger partial charge in [0.05, 0.1) is 5.69 Å². The third-order valence-corrected chi connectivity index (χ3v) is 11.9. The zero-order valence-electron chi connectivity index (χ0n) is 39.5. The van der Waals surface area contributed by atoms with Gasteiger partial charge in [0.15, 0.2) is 0 Å². The third-order valence-electron chi connectivity index (χ3n) is 11.9. The van der Waals surface area contributed by atoms with E-state index < -0.39 is 0 Å². The van der Waals surface area contributed by atoms with Crippen LogP contribution in [-0.2, 0) is 42.7 Å². The quantitative estimate of drug-likeness (QED) is 0.154. The first-order valence-electron chi connectivity index (χ1n) is 22.0. The van der Waals surface area contributed by atoms with E-state index in [4.69, 9.17) is 9.72 Å². The Labute approximate surface area is 396 Å². The van der Waals surface area contributed by atoms with Gasteiger partial charge in [0.1, 0.15) is 5.82 Å². The Morgan fingerprint density at radius 2 is 1.20 bits per heavy atom. The molecule has 2 aromatic heterocycles. The van der Waals surface area contributed by atoms with Crippen molar-refractivity contribution in [1.82, 2.24) is 9.55 Å². The summed E-state index contributed by atoms with van der Waals surface area (Å²) in [6.45, 7) is 26.9. The minimum atomic E-state index is -0.184. The molecule has 332 valence electrons. The maximum atomic E-state index is 6.80. The van der Waals surface area contributed by atoms with Crippen LogP contribution in [0.2, 0.25) is 0 Å². The Morgan fingerprint density at radius 3 is 1.89 bits per heavy atom. The van der Waals surface area contributed by atoms with Gasteiger partial charge in [-0.05, 0) is 97.3 Å². The van der Waals surface area contributed by atoms with Crippen LogP contribution in [0.4, 0.5) is 22.7 Å². The number of aromatic nitrogens is 2. The Bertz CT molecular complexity index is 2950. The molecule has 0 atom stereocenters. The summed E-state index contributed by atoms with van der Waals surface area (Å²) in [5, 5.41) is 6.03. The van der Waals surface area contributed by atoms with Gasteiger partial charge in [-0.25, -0.2) is 4.98 Å². The van der Waals surface area contributed by atoms with E-state index in [0.29, 0.717) is 11.5 Å². The molecule has 2 heterocycles. The largest absolute Gasteiger partial charge is 0.516 e. The molecule has 5 nitrogen and oxygen atoms in total. The summed E-state index contributed by atoms with van der Waals surface area (Å²) in [6.07, 6.45) is 1.91. The molecule has 1 N–H and O–H groups in total. The number of hydrogen-bond acceptors (Lipinski definition) is 4. The van der Waals surface area contributed by atoms with Crippen LogP contribution in [0.5, 0.6) is 11.5 Å². The summed E-state index contributed by atoms with van der Waals surface area (Å²) < 4.78 is 9.03. The molecular weight excluding hydrogens is 964 g/mol. The maximum absolute atomic E-state index is 6.80. The molecule has 6 aromatic carbocycles. The van der Waals surface area contributed by atoms with Crippen molar-refractivity contribution >= 4 is 44.6 Å². The molecule has 0 unspecified atom stereocenters. The van der Waals surface area contributed by atoms with Crippen molar-refractivity contribution in [2.24, 2.45) is 0 Å². The van der Waals surface area contributed by atoms with Crippen LogP contribution in [0.15, 0.2) is 134 Å². The molecule has 0 bridgehead atoms. The van der Waals surface area contributed by atoms with Crippen LogP contribution in [-0.4, -0.2) is 9.55 Å². The summed E-state index contributed by atoms with van der Waals surface area (Å²) >= 11 is 0. The molecule has 0 radical (unpaired) electrons. The van der Waals surface area contributed by atoms with Gasteiger partial charge in [-0.15, -0.1) is 47.0 Å². The van der Waals surface area contributed by atoms with E-state index in [1.54, 1.807) is 0 Å². The number of pyridine rings is 1. The average Bonchev–Trinajstić information content (AvgIpc) is 3.55. The van der Waals surface area contributed by atoms with Gasteiger partial charge in [0.2, 0.25) is 0 Å². The zero-order valence-corrected chi connectivity index (χ0v) is 41.7. The average molecular weight is 1030 g/mol. The Morgan fingerprint density at radius 1 is 0.562 bits per heavy atom. The van der Waals surface area contributed by atoms with E-state index in [0.717, 1.165) is 55.9 Å². The van der Waals surface area contributed by atoms with Gasteiger partial charge in [0, 0.05) is 55.7 Å². The van der Waals surface area contributed by atoms with Gasteiger partial charge < -0.3 is 19.5 Å². The Balaban J connectivity index is 0.00000612. The summed E-state index contributed by atoms with van der Waals surface area (Å²) in [6, 6.07) is 52.4. The fourth-order valence-corrected chi connectivity index (χ4v) is 8.01. The monoisotopic (exact) mass is 1020 g/mol. The van der Waals surface area contributed by atoms with Crippen LogP contribution < -0.4 is 15.0 Å². The van der Waals surface area contributed by atoms with Crippen LogP contribution in [0, 0.1) is 19.2 Å². The van der Waals surface area contributed by atoms with Crippen molar-refractivity contribution in [3.05, 3.63) is 175 Å². The number of anilines is 4. The van der Waals surface area contributed by atoms with E-state index in [-0.39, 0.29) is 42.7 Å². The van der Waals surface area contributed by atoms with Gasteiger partial charge >= 0.3 is 0 Å². The Hall–Kier alpha value is -5.64. The molecule has 0 saturated heterocycles. The number of ether oxygens (including phenoxy) is 1. The molecular formula is C58H61N4OPt-3. The van der Waals surface area contributed by atoms with Gasteiger partial charge in [-0.1, -0.05) is 149 Å². The SMILES string of the molecule is [CH2-]N(c1[c-]c(Oc2[c-]c3c(cc2)c2cc(C(C)(C)C)ccc2n3-c2cc(C(C)(C)C)ccn2)cc(C(C)(C)C)c1)c1ccccc1Nc1cc(-c2ccccc2)cc(C(C)(C)C)c1.[Pt]. The number of hydrogen-bond donors (Lipinski definition) is 1. The standard InChI is InChI=1S/C58H61N4O.Pt/c1-55(2,3)40-23-26-51-49(34-40)48-25-24-46(37-53(48)62(51)54-35-41(27-28-59-54)56(4,5)6)63-47-33-43(58(10,11)12)32-45(36-47)61(13)52-22-18-17-21-50(52)60-44-30-39(38-19-15-14-16-20-38)29-42(31-44)57(7,8)9;/h14-35,60H,13H2,1-12H3;/q-3;. The molecule has 0 amide bonds. The molecule has 6 heteroatoms. The summed E-state index contributed by atoms with van der Waals surface area (Å²) in [4.78, 5) is 6.87. The normalized spacial score (nSPS) is 12.3. The van der Waals surface area contributed by atoms with Crippen molar-refractivity contribution in [3.63, 3.8) is 0 Å². The second-order valence-electron chi connectivity index (χ2n) is 21.0. The summed E-state index contributed by atoms with van der Waals surface area (Å²) in [7, 11) is 4.62. The van der Waals surface area contributed by atoms with E-state index in [1.165, 1.54) is 27.8 Å². The minimum absolute atomic E-state index is 0. The summed E-state index contributed by atoms with van der Waals surface area (Å²) in [5.41, 5.74) is 12.5. The van der Waals surface area contributed by atoms with Crippen molar-refractivity contribution in [2.45, 2.75) is 105 Å². The molecule has 0 spiro atoms. The number of fused-ring (bicyclic) bond motifs is 3. The van der Waals surface area contributed by atoms with Crippen LogP contribution in [0.25, 0.3) is 38.8 Å². The van der Waals surface area contributed by atoms with Gasteiger partial charge in [-0.3, -0.25) is 7.05 Å². The van der Waals surface area contributed by atoms with Crippen LogP contribution in [0.3, 0.4) is 0 Å². The summed E-state index contributed by atoms with van der Waals surface area (Å²) in [5.74, 6) is 2.03. The van der Waals surface area contributed by atoms with E-state index in [1.807, 2.05) is 23.2 Å². The molecule has 0 aliphatic carbocycles. The predicted octanol–water partition coefficient (Wildman–Crippen LogP) is 16.1. The van der Waals surface area contributed by atoms with Crippen molar-refractivity contribution in [1.29, 1.82) is 0 Å². The van der Waals surface area contributed by atoms with Crippen molar-refractivity contribution in [2.75, 3.05) is 10.2 Å². The molecule has 64 heavy (non-hydrogen) atoms. The van der Waals surface area contributed by atoms with E-state index in [2.05, 4.69) is 227 Å². The number of rotatable bonds is 8. The number of para-hydroxylation sites is 2. The first-order valence-corrected chi connectivity index (χ1v) is 22.0. The Kier molecular flexibility index (Phi) is 12.6. The molecule has 0 aliphatic heterocycles. The second kappa shape index (κ2) is 17.4. The molecule has 0 saturated carbocycles. The third kappa shape index (κ3) is 9.71. The second-order valence-corrected chi connectivity index (χ2v) is 21.0. The van der Waals surface area contributed by atoms with E-state index >= 15 is 0 Å². The maximum Gasteiger partial charge on any atom is 0.135 e.